The highest BCUT2D eigenvalue weighted by molar-refractivity contribution is 7.18. The van der Waals surface area contributed by atoms with Gasteiger partial charge in [-0.3, -0.25) is 4.79 Å². The maximum Gasteiger partial charge on any atom is 0.267 e. The Kier molecular flexibility index (Phi) is 5.45. The molecule has 21 heavy (non-hydrogen) atoms. The van der Waals surface area contributed by atoms with Crippen molar-refractivity contribution < 1.29 is 4.79 Å². The van der Waals surface area contributed by atoms with E-state index in [0.29, 0.717) is 16.7 Å². The first-order valence-electron chi connectivity index (χ1n) is 7.79. The summed E-state index contributed by atoms with van der Waals surface area (Å²) in [6.07, 6.45) is 7.17. The van der Waals surface area contributed by atoms with Crippen LogP contribution in [0.1, 0.15) is 62.0 Å². The second-order valence-corrected chi connectivity index (χ2v) is 7.09. The van der Waals surface area contributed by atoms with Crippen LogP contribution in [0.3, 0.4) is 0 Å². The fourth-order valence-electron chi connectivity index (χ4n) is 2.76. The predicted octanol–water partition coefficient (Wildman–Crippen LogP) is 3.34. The summed E-state index contributed by atoms with van der Waals surface area (Å²) >= 11 is 1.36. The highest BCUT2D eigenvalue weighted by atomic mass is 32.1. The van der Waals surface area contributed by atoms with Crippen molar-refractivity contribution in [3.8, 4) is 0 Å². The lowest BCUT2D eigenvalue weighted by atomic mass is 10.1. The Labute approximate surface area is 130 Å². The van der Waals surface area contributed by atoms with E-state index in [4.69, 9.17) is 5.73 Å². The number of anilines is 2. The molecule has 6 heteroatoms. The number of carbonyl (C=O) groups is 1. The van der Waals surface area contributed by atoms with E-state index in [1.165, 1.54) is 37.0 Å². The Morgan fingerprint density at radius 3 is 2.52 bits per heavy atom. The van der Waals surface area contributed by atoms with Crippen molar-refractivity contribution in [2.45, 2.75) is 64.5 Å². The molecule has 0 spiro atoms. The summed E-state index contributed by atoms with van der Waals surface area (Å²) in [5, 5.41) is 3.93. The van der Waals surface area contributed by atoms with E-state index in [-0.39, 0.29) is 11.9 Å². The van der Waals surface area contributed by atoms with Crippen LogP contribution >= 0.6 is 11.3 Å². The number of hydrogen-bond acceptors (Lipinski definition) is 5. The largest absolute Gasteiger partial charge is 0.382 e. The third-order valence-corrected chi connectivity index (χ3v) is 4.94. The average Bonchev–Trinajstić information content (AvgIpc) is 2.66. The number of nitrogen functional groups attached to an aromatic ring is 1. The van der Waals surface area contributed by atoms with Gasteiger partial charge >= 0.3 is 0 Å². The molecule has 1 aliphatic rings. The summed E-state index contributed by atoms with van der Waals surface area (Å²) in [6, 6.07) is 0.612. The Hall–Kier alpha value is -1.30. The number of thiazole rings is 1. The summed E-state index contributed by atoms with van der Waals surface area (Å²) in [4.78, 5) is 19.3. The fraction of sp³-hybridized carbons (Fsp3) is 0.733. The summed E-state index contributed by atoms with van der Waals surface area (Å²) in [5.74, 6) is 0.349. The number of nitrogens with one attached hydrogen (secondary N) is 1. The molecule has 1 aromatic rings. The van der Waals surface area contributed by atoms with E-state index >= 15 is 0 Å². The topological polar surface area (TPSA) is 71.2 Å². The van der Waals surface area contributed by atoms with E-state index in [2.05, 4.69) is 10.3 Å². The van der Waals surface area contributed by atoms with Gasteiger partial charge in [0.2, 0.25) is 0 Å². The zero-order chi connectivity index (χ0) is 15.4. The van der Waals surface area contributed by atoms with Crippen molar-refractivity contribution in [2.24, 2.45) is 0 Å². The molecule has 0 atom stereocenters. The zero-order valence-corrected chi connectivity index (χ0v) is 14.0. The molecule has 5 nitrogen and oxygen atoms in total. The van der Waals surface area contributed by atoms with Crippen molar-refractivity contribution in [3.63, 3.8) is 0 Å². The monoisotopic (exact) mass is 310 g/mol. The molecule has 0 saturated heterocycles. The van der Waals surface area contributed by atoms with Crippen molar-refractivity contribution in [2.75, 3.05) is 18.1 Å². The third kappa shape index (κ3) is 4.09. The number of amides is 1. The van der Waals surface area contributed by atoms with Crippen LogP contribution in [0.15, 0.2) is 0 Å². The molecule has 2 rings (SSSR count). The van der Waals surface area contributed by atoms with Crippen molar-refractivity contribution in [1.29, 1.82) is 0 Å². The molecular weight excluding hydrogens is 284 g/mol. The summed E-state index contributed by atoms with van der Waals surface area (Å²) in [7, 11) is 1.90. The second kappa shape index (κ2) is 7.11. The van der Waals surface area contributed by atoms with Crippen LogP contribution in [0.4, 0.5) is 10.9 Å². The van der Waals surface area contributed by atoms with E-state index in [9.17, 15) is 4.79 Å². The average molecular weight is 310 g/mol. The molecule has 1 fully saturated rings. The Morgan fingerprint density at radius 1 is 1.33 bits per heavy atom. The normalized spacial score (nSPS) is 16.8. The van der Waals surface area contributed by atoms with Crippen LogP contribution < -0.4 is 11.1 Å². The van der Waals surface area contributed by atoms with Gasteiger partial charge in [-0.2, -0.15) is 0 Å². The molecule has 3 N–H and O–H groups in total. The van der Waals surface area contributed by atoms with Gasteiger partial charge in [-0.05, 0) is 26.7 Å². The first-order valence-corrected chi connectivity index (χ1v) is 8.60. The smallest absolute Gasteiger partial charge is 0.267 e. The zero-order valence-electron chi connectivity index (χ0n) is 13.2. The maximum absolute atomic E-state index is 12.7. The first kappa shape index (κ1) is 16.1. The maximum atomic E-state index is 12.7. The van der Waals surface area contributed by atoms with Gasteiger partial charge < -0.3 is 16.0 Å². The number of nitrogens with zero attached hydrogens (tertiary/aromatic N) is 2. The lowest BCUT2D eigenvalue weighted by Crippen LogP contribution is -2.36. The van der Waals surface area contributed by atoms with E-state index in [1.807, 2.05) is 25.8 Å². The van der Waals surface area contributed by atoms with Gasteiger partial charge in [-0.25, -0.2) is 4.98 Å². The van der Waals surface area contributed by atoms with Gasteiger partial charge in [0, 0.05) is 19.1 Å². The predicted molar refractivity (Wildman–Crippen MR) is 88.9 cm³/mol. The van der Waals surface area contributed by atoms with Gasteiger partial charge in [0.15, 0.2) is 5.13 Å². The van der Waals surface area contributed by atoms with Crippen LogP contribution in [0.25, 0.3) is 0 Å². The quantitative estimate of drug-likeness (QED) is 0.837. The molecule has 1 saturated carbocycles. The fourth-order valence-corrected chi connectivity index (χ4v) is 3.78. The molecule has 1 amide bonds. The highest BCUT2D eigenvalue weighted by Crippen LogP contribution is 2.29. The van der Waals surface area contributed by atoms with Crippen LogP contribution in [0.5, 0.6) is 0 Å². The molecule has 0 aromatic carbocycles. The Balaban J connectivity index is 2.09. The van der Waals surface area contributed by atoms with Crippen LogP contribution in [-0.2, 0) is 0 Å². The van der Waals surface area contributed by atoms with E-state index in [0.717, 1.165) is 18.0 Å². The van der Waals surface area contributed by atoms with E-state index < -0.39 is 0 Å². The van der Waals surface area contributed by atoms with Gasteiger partial charge in [-0.15, -0.1) is 0 Å². The molecule has 1 aromatic heterocycles. The Morgan fingerprint density at radius 2 is 1.95 bits per heavy atom. The molecule has 1 heterocycles. The summed E-state index contributed by atoms with van der Waals surface area (Å²) in [5.41, 5.74) is 5.93. The van der Waals surface area contributed by atoms with E-state index in [1.54, 1.807) is 0 Å². The third-order valence-electron chi connectivity index (χ3n) is 3.95. The molecule has 0 aliphatic heterocycles. The van der Waals surface area contributed by atoms with Crippen molar-refractivity contribution in [3.05, 3.63) is 4.88 Å². The molecular formula is C15H26N4OS. The van der Waals surface area contributed by atoms with Crippen molar-refractivity contribution >= 4 is 28.2 Å². The minimum Gasteiger partial charge on any atom is -0.382 e. The van der Waals surface area contributed by atoms with Gasteiger partial charge in [0.05, 0.1) is 0 Å². The lowest BCUT2D eigenvalue weighted by Gasteiger charge is -2.26. The molecule has 0 radical (unpaired) electrons. The standard InChI is InChI=1S/C15H26N4OS/c1-10(2)17-15-18-13(16)12(21-15)14(20)19(3)11-8-6-4-5-7-9-11/h10-11H,4-9,16H2,1-3H3,(H,17,18). The Bertz CT molecular complexity index is 478. The molecule has 118 valence electrons. The van der Waals surface area contributed by atoms with Crippen LogP contribution in [0, 0.1) is 0 Å². The number of hydrogen-bond donors (Lipinski definition) is 2. The number of nitrogens with two attached hydrogens (primary N) is 1. The van der Waals surface area contributed by atoms with Crippen LogP contribution in [0.2, 0.25) is 0 Å². The summed E-state index contributed by atoms with van der Waals surface area (Å²) in [6.45, 7) is 4.08. The van der Waals surface area contributed by atoms with Crippen molar-refractivity contribution in [1.82, 2.24) is 9.88 Å². The minimum absolute atomic E-state index is 0.00806. The van der Waals surface area contributed by atoms with Gasteiger partial charge in [-0.1, -0.05) is 37.0 Å². The SMILES string of the molecule is CC(C)Nc1nc(N)c(C(=O)N(C)C2CCCCCC2)s1. The first-order chi connectivity index (χ1) is 9.99. The molecule has 0 unspecified atom stereocenters. The summed E-state index contributed by atoms with van der Waals surface area (Å²) < 4.78 is 0. The number of carbonyl (C=O) groups excluding carboxylic acids is 1. The highest BCUT2D eigenvalue weighted by Gasteiger charge is 2.26. The van der Waals surface area contributed by atoms with Gasteiger partial charge in [0.1, 0.15) is 10.7 Å². The van der Waals surface area contributed by atoms with Gasteiger partial charge in [0.25, 0.3) is 5.91 Å². The second-order valence-electron chi connectivity index (χ2n) is 6.09. The number of aromatic nitrogens is 1. The van der Waals surface area contributed by atoms with Crippen LogP contribution in [-0.4, -0.2) is 34.9 Å². The lowest BCUT2D eigenvalue weighted by molar-refractivity contribution is 0.0723. The number of rotatable bonds is 4. The molecule has 0 bridgehead atoms. The molecule has 1 aliphatic carbocycles. The minimum atomic E-state index is 0.00806.